The highest BCUT2D eigenvalue weighted by atomic mass is 16.6. The predicted octanol–water partition coefficient (Wildman–Crippen LogP) is 2.32. The first-order chi connectivity index (χ1) is 10.5. The second-order valence-electron chi connectivity index (χ2n) is 4.90. The number of carbonyl (C=O) groups is 1. The molecule has 2 rings (SSSR count). The Morgan fingerprint density at radius 2 is 1.91 bits per heavy atom. The van der Waals surface area contributed by atoms with Gasteiger partial charge in [0.2, 0.25) is 0 Å². The molecule has 1 unspecified atom stereocenters. The van der Waals surface area contributed by atoms with Gasteiger partial charge in [-0.05, 0) is 18.9 Å². The van der Waals surface area contributed by atoms with Crippen LogP contribution in [0, 0.1) is 10.1 Å². The molecule has 0 saturated heterocycles. The van der Waals surface area contributed by atoms with E-state index in [9.17, 15) is 20.0 Å². The molecule has 0 fully saturated rings. The topological polar surface area (TPSA) is 98.9 Å². The highest BCUT2D eigenvalue weighted by Gasteiger charge is 2.30. The van der Waals surface area contributed by atoms with E-state index in [1.807, 2.05) is 0 Å². The number of Topliss-reactive ketones (excluding diaryl/α,β-unsaturated/α-hetero) is 1. The quantitative estimate of drug-likeness (QED) is 0.662. The molecule has 7 heteroatoms. The summed E-state index contributed by atoms with van der Waals surface area (Å²) in [5.41, 5.74) is -0.102. The van der Waals surface area contributed by atoms with Crippen LogP contribution in [-0.4, -0.2) is 30.0 Å². The summed E-state index contributed by atoms with van der Waals surface area (Å²) in [4.78, 5) is 22.5. The van der Waals surface area contributed by atoms with Gasteiger partial charge in [-0.3, -0.25) is 14.9 Å². The average molecular weight is 307 g/mol. The summed E-state index contributed by atoms with van der Waals surface area (Å²) in [6.45, 7) is 0. The van der Waals surface area contributed by atoms with Crippen LogP contribution in [0.25, 0.3) is 0 Å². The molecule has 1 aromatic carbocycles. The third-order valence-electron chi connectivity index (χ3n) is 3.61. The van der Waals surface area contributed by atoms with Gasteiger partial charge in [0.05, 0.1) is 30.8 Å². The fourth-order valence-electron chi connectivity index (χ4n) is 2.47. The third kappa shape index (κ3) is 2.94. The number of carbonyl (C=O) groups excluding carboxylic acids is 1. The Morgan fingerprint density at radius 3 is 2.45 bits per heavy atom. The summed E-state index contributed by atoms with van der Waals surface area (Å²) in [5, 5.41) is 21.7. The van der Waals surface area contributed by atoms with Crippen LogP contribution in [0.2, 0.25) is 0 Å². The molecule has 1 atom stereocenters. The molecule has 1 aliphatic carbocycles. The number of hydrogen-bond acceptors (Lipinski definition) is 6. The minimum absolute atomic E-state index is 0.0177. The average Bonchev–Trinajstić information content (AvgIpc) is 2.53. The van der Waals surface area contributed by atoms with Crippen LogP contribution in [0.1, 0.15) is 30.9 Å². The number of nitro groups is 1. The van der Waals surface area contributed by atoms with E-state index < -0.39 is 11.0 Å². The molecule has 0 spiro atoms. The minimum atomic E-state index is -1.35. The van der Waals surface area contributed by atoms with E-state index in [0.717, 1.165) is 6.42 Å². The molecule has 118 valence electrons. The lowest BCUT2D eigenvalue weighted by Gasteiger charge is -2.19. The summed E-state index contributed by atoms with van der Waals surface area (Å²) in [6, 6.07) is 2.52. The number of nitro benzene ring substituents is 1. The first-order valence-electron chi connectivity index (χ1n) is 6.81. The number of aliphatic hydroxyl groups excluding tert-OH is 1. The smallest absolute Gasteiger partial charge is 0.279 e. The van der Waals surface area contributed by atoms with Gasteiger partial charge in [0.25, 0.3) is 5.69 Å². The highest BCUT2D eigenvalue weighted by molar-refractivity contribution is 5.97. The second kappa shape index (κ2) is 6.57. The Morgan fingerprint density at radius 1 is 1.27 bits per heavy atom. The monoisotopic (exact) mass is 307 g/mol. The van der Waals surface area contributed by atoms with E-state index >= 15 is 0 Å². The van der Waals surface area contributed by atoms with Crippen LogP contribution in [-0.2, 0) is 4.79 Å². The molecule has 0 bridgehead atoms. The number of aliphatic hydroxyl groups is 1. The largest absolute Gasteiger partial charge is 0.493 e. The van der Waals surface area contributed by atoms with E-state index in [1.54, 1.807) is 6.08 Å². The first-order valence-corrected chi connectivity index (χ1v) is 6.81. The summed E-state index contributed by atoms with van der Waals surface area (Å²) >= 11 is 0. The van der Waals surface area contributed by atoms with Crippen molar-refractivity contribution in [3.63, 3.8) is 0 Å². The van der Waals surface area contributed by atoms with Gasteiger partial charge < -0.3 is 14.6 Å². The lowest BCUT2D eigenvalue weighted by atomic mass is 9.90. The molecule has 0 heterocycles. The zero-order valence-electron chi connectivity index (χ0n) is 12.4. The normalized spacial score (nSPS) is 16.0. The summed E-state index contributed by atoms with van der Waals surface area (Å²) in [5.74, 6) is 0.253. The molecule has 1 aromatic rings. The third-order valence-corrected chi connectivity index (χ3v) is 3.61. The maximum absolute atomic E-state index is 11.9. The van der Waals surface area contributed by atoms with Gasteiger partial charge in [-0.15, -0.1) is 0 Å². The van der Waals surface area contributed by atoms with Gasteiger partial charge in [-0.2, -0.15) is 0 Å². The van der Waals surface area contributed by atoms with Gasteiger partial charge in [0.1, 0.15) is 6.10 Å². The van der Waals surface area contributed by atoms with Crippen LogP contribution >= 0.6 is 0 Å². The summed E-state index contributed by atoms with van der Waals surface area (Å²) in [6.07, 6.45) is 2.01. The molecule has 0 radical (unpaired) electrons. The van der Waals surface area contributed by atoms with Gasteiger partial charge in [-0.1, -0.05) is 6.08 Å². The van der Waals surface area contributed by atoms with Crippen LogP contribution in [0.15, 0.2) is 23.8 Å². The van der Waals surface area contributed by atoms with Crippen molar-refractivity contribution in [1.82, 2.24) is 0 Å². The number of methoxy groups -OCH3 is 2. The van der Waals surface area contributed by atoms with Crippen molar-refractivity contribution in [3.05, 3.63) is 39.5 Å². The number of ketones is 1. The fraction of sp³-hybridized carbons (Fsp3) is 0.400. The molecular formula is C15H17NO6. The minimum Gasteiger partial charge on any atom is -0.493 e. The number of hydrogen-bond donors (Lipinski definition) is 1. The molecule has 0 aromatic heterocycles. The highest BCUT2D eigenvalue weighted by Crippen LogP contribution is 2.40. The van der Waals surface area contributed by atoms with E-state index in [1.165, 1.54) is 26.4 Å². The summed E-state index contributed by atoms with van der Waals surface area (Å²) < 4.78 is 10.1. The Hall–Kier alpha value is -2.41. The Balaban J connectivity index is 2.55. The van der Waals surface area contributed by atoms with E-state index in [-0.39, 0.29) is 34.1 Å². The molecule has 0 aliphatic heterocycles. The molecule has 0 amide bonds. The van der Waals surface area contributed by atoms with Crippen LogP contribution in [0.3, 0.4) is 0 Å². The number of allylic oxidation sites excluding steroid dienone is 1. The maximum Gasteiger partial charge on any atom is 0.279 e. The molecule has 0 saturated carbocycles. The van der Waals surface area contributed by atoms with Gasteiger partial charge in [0.15, 0.2) is 17.3 Å². The molecule has 7 nitrogen and oxygen atoms in total. The Labute approximate surface area is 127 Å². The second-order valence-corrected chi connectivity index (χ2v) is 4.90. The number of ether oxygens (including phenoxy) is 2. The SMILES string of the molecule is COc1cc(C(O)C2=CCCCC2=O)c([N+](=O)[O-])cc1OC. The van der Waals surface area contributed by atoms with Crippen molar-refractivity contribution < 1.29 is 24.3 Å². The molecule has 1 N–H and O–H groups in total. The van der Waals surface area contributed by atoms with Crippen molar-refractivity contribution in [2.75, 3.05) is 14.2 Å². The van der Waals surface area contributed by atoms with Crippen LogP contribution in [0.4, 0.5) is 5.69 Å². The van der Waals surface area contributed by atoms with Crippen molar-refractivity contribution in [2.24, 2.45) is 0 Å². The van der Waals surface area contributed by atoms with Crippen molar-refractivity contribution in [2.45, 2.75) is 25.4 Å². The van der Waals surface area contributed by atoms with Crippen LogP contribution < -0.4 is 9.47 Å². The Kier molecular flexibility index (Phi) is 4.77. The molecule has 1 aliphatic rings. The van der Waals surface area contributed by atoms with Gasteiger partial charge in [0, 0.05) is 12.0 Å². The lowest BCUT2D eigenvalue weighted by molar-refractivity contribution is -0.386. The fourth-order valence-corrected chi connectivity index (χ4v) is 2.47. The van der Waals surface area contributed by atoms with Gasteiger partial charge >= 0.3 is 0 Å². The number of nitrogens with zero attached hydrogens (tertiary/aromatic N) is 1. The maximum atomic E-state index is 11.9. The lowest BCUT2D eigenvalue weighted by Crippen LogP contribution is -2.16. The number of rotatable bonds is 5. The zero-order valence-corrected chi connectivity index (χ0v) is 12.4. The standard InChI is InChI=1S/C15H17NO6/c1-21-13-7-10(11(16(19)20)8-14(13)22-2)15(18)9-5-3-4-6-12(9)17/h5,7-8,15,18H,3-4,6H2,1-2H3. The van der Waals surface area contributed by atoms with E-state index in [2.05, 4.69) is 0 Å². The van der Waals surface area contributed by atoms with Crippen molar-refractivity contribution >= 4 is 11.5 Å². The number of benzene rings is 1. The van der Waals surface area contributed by atoms with Crippen molar-refractivity contribution in [1.29, 1.82) is 0 Å². The Bertz CT molecular complexity index is 637. The van der Waals surface area contributed by atoms with Crippen LogP contribution in [0.5, 0.6) is 11.5 Å². The molecule has 22 heavy (non-hydrogen) atoms. The van der Waals surface area contributed by atoms with Gasteiger partial charge in [-0.25, -0.2) is 0 Å². The van der Waals surface area contributed by atoms with E-state index in [0.29, 0.717) is 12.8 Å². The predicted molar refractivity (Wildman–Crippen MR) is 78.1 cm³/mol. The van der Waals surface area contributed by atoms with Crippen molar-refractivity contribution in [3.8, 4) is 11.5 Å². The first kappa shape index (κ1) is 16.0. The summed E-state index contributed by atoms with van der Waals surface area (Å²) in [7, 11) is 2.76. The van der Waals surface area contributed by atoms with E-state index in [4.69, 9.17) is 9.47 Å². The zero-order chi connectivity index (χ0) is 16.3. The molecular weight excluding hydrogens is 290 g/mol.